The Morgan fingerprint density at radius 2 is 2.00 bits per heavy atom. The minimum atomic E-state index is -1.16. The first-order valence-electron chi connectivity index (χ1n) is 5.89. The summed E-state index contributed by atoms with van der Waals surface area (Å²) in [6, 6.07) is -0.463. The molecule has 0 aliphatic heterocycles. The molecule has 0 spiro atoms. The van der Waals surface area contributed by atoms with Crippen LogP contribution in [0.3, 0.4) is 0 Å². The van der Waals surface area contributed by atoms with Gasteiger partial charge < -0.3 is 15.2 Å². The van der Waals surface area contributed by atoms with Crippen molar-refractivity contribution >= 4 is 17.9 Å². The van der Waals surface area contributed by atoms with Crippen LogP contribution in [0.4, 0.5) is 4.79 Å². The Morgan fingerprint density at radius 1 is 1.28 bits per heavy atom. The molecule has 0 aromatic heterocycles. The van der Waals surface area contributed by atoms with Crippen molar-refractivity contribution in [2.75, 3.05) is 13.2 Å². The number of urea groups is 1. The van der Waals surface area contributed by atoms with E-state index in [9.17, 15) is 14.4 Å². The van der Waals surface area contributed by atoms with Crippen LogP contribution >= 0.6 is 0 Å². The molecule has 3 amide bonds. The maximum absolute atomic E-state index is 11.4. The molecule has 1 rings (SSSR count). The van der Waals surface area contributed by atoms with Gasteiger partial charge in [0.05, 0.1) is 0 Å². The lowest BCUT2D eigenvalue weighted by Gasteiger charge is -2.17. The molecule has 1 fully saturated rings. The predicted molar refractivity (Wildman–Crippen MR) is 61.9 cm³/mol. The Bertz CT molecular complexity index is 331. The zero-order valence-electron chi connectivity index (χ0n) is 10.3. The van der Waals surface area contributed by atoms with Gasteiger partial charge in [-0.3, -0.25) is 10.1 Å². The maximum Gasteiger partial charge on any atom is 0.329 e. The van der Waals surface area contributed by atoms with Gasteiger partial charge in [-0.05, 0) is 18.8 Å². The van der Waals surface area contributed by atoms with Gasteiger partial charge in [0, 0.05) is 6.04 Å². The average molecular weight is 258 g/mol. The van der Waals surface area contributed by atoms with Crippen LogP contribution in [0.1, 0.15) is 26.2 Å². The fourth-order valence-corrected chi connectivity index (χ4v) is 1.96. The molecule has 2 atom stereocenters. The fraction of sp³-hybridized carbons (Fsp3) is 0.727. The van der Waals surface area contributed by atoms with Gasteiger partial charge in [0.1, 0.15) is 13.2 Å². The molecule has 1 aliphatic carbocycles. The first kappa shape index (κ1) is 14.4. The Balaban J connectivity index is 2.19. The second-order valence-electron chi connectivity index (χ2n) is 4.42. The number of ether oxygens (including phenoxy) is 1. The van der Waals surface area contributed by atoms with Crippen LogP contribution in [0.15, 0.2) is 0 Å². The number of amides is 3. The number of carbonyl (C=O) groups is 3. The van der Waals surface area contributed by atoms with Crippen molar-refractivity contribution in [2.45, 2.75) is 32.2 Å². The second kappa shape index (κ2) is 6.95. The van der Waals surface area contributed by atoms with E-state index in [1.807, 2.05) is 0 Å². The molecular formula is C11H18N2O5. The van der Waals surface area contributed by atoms with E-state index in [2.05, 4.69) is 22.3 Å². The van der Waals surface area contributed by atoms with Crippen LogP contribution in [0.5, 0.6) is 0 Å². The Kier molecular flexibility index (Phi) is 5.57. The Labute approximate surface area is 105 Å². The summed E-state index contributed by atoms with van der Waals surface area (Å²) >= 11 is 0. The second-order valence-corrected chi connectivity index (χ2v) is 4.42. The SMILES string of the molecule is CC1CCCC1NC(=O)NC(=O)COCC(=O)O. The van der Waals surface area contributed by atoms with Gasteiger partial charge in [-0.25, -0.2) is 9.59 Å². The van der Waals surface area contributed by atoms with E-state index in [4.69, 9.17) is 5.11 Å². The molecule has 0 aromatic rings. The van der Waals surface area contributed by atoms with E-state index in [0.717, 1.165) is 19.3 Å². The van der Waals surface area contributed by atoms with E-state index in [1.165, 1.54) is 0 Å². The molecule has 0 radical (unpaired) electrons. The lowest BCUT2D eigenvalue weighted by atomic mass is 10.1. The van der Waals surface area contributed by atoms with Crippen LogP contribution in [0.25, 0.3) is 0 Å². The summed E-state index contributed by atoms with van der Waals surface area (Å²) in [4.78, 5) is 32.8. The summed E-state index contributed by atoms with van der Waals surface area (Å²) in [5, 5.41) is 13.1. The zero-order valence-corrected chi connectivity index (χ0v) is 10.3. The topological polar surface area (TPSA) is 105 Å². The van der Waals surface area contributed by atoms with Crippen LogP contribution < -0.4 is 10.6 Å². The Hall–Kier alpha value is -1.63. The number of hydrogen-bond donors (Lipinski definition) is 3. The molecule has 1 aliphatic rings. The van der Waals surface area contributed by atoms with Crippen molar-refractivity contribution in [2.24, 2.45) is 5.92 Å². The number of imide groups is 1. The minimum absolute atomic E-state index is 0.0951. The third-order valence-corrected chi connectivity index (χ3v) is 2.89. The molecule has 7 heteroatoms. The first-order chi connectivity index (χ1) is 8.49. The van der Waals surface area contributed by atoms with Gasteiger partial charge in [0.25, 0.3) is 5.91 Å². The number of nitrogens with one attached hydrogen (secondary N) is 2. The number of carboxylic acids is 1. The van der Waals surface area contributed by atoms with E-state index >= 15 is 0 Å². The van der Waals surface area contributed by atoms with E-state index in [1.54, 1.807) is 0 Å². The van der Waals surface area contributed by atoms with E-state index < -0.39 is 31.1 Å². The van der Waals surface area contributed by atoms with E-state index in [-0.39, 0.29) is 6.04 Å². The van der Waals surface area contributed by atoms with Gasteiger partial charge in [-0.15, -0.1) is 0 Å². The van der Waals surface area contributed by atoms with Gasteiger partial charge in [0.2, 0.25) is 0 Å². The molecule has 0 saturated heterocycles. The molecule has 3 N–H and O–H groups in total. The standard InChI is InChI=1S/C11H18N2O5/c1-7-3-2-4-8(7)12-11(17)13-9(14)5-18-6-10(15)16/h7-8H,2-6H2,1H3,(H,15,16)(H2,12,13,14,17). The lowest BCUT2D eigenvalue weighted by Crippen LogP contribution is -2.46. The smallest absolute Gasteiger partial charge is 0.329 e. The molecule has 1 saturated carbocycles. The quantitative estimate of drug-likeness (QED) is 0.648. The molecule has 0 aromatic carbocycles. The summed E-state index contributed by atoms with van der Waals surface area (Å²) in [6.45, 7) is 1.05. The highest BCUT2D eigenvalue weighted by Gasteiger charge is 2.25. The van der Waals surface area contributed by atoms with Crippen molar-refractivity contribution in [3.8, 4) is 0 Å². The number of carboxylic acid groups (broad SMARTS) is 1. The fourth-order valence-electron chi connectivity index (χ4n) is 1.96. The molecule has 0 bridgehead atoms. The highest BCUT2D eigenvalue weighted by atomic mass is 16.5. The minimum Gasteiger partial charge on any atom is -0.480 e. The monoisotopic (exact) mass is 258 g/mol. The summed E-state index contributed by atoms with van der Waals surface area (Å²) in [5.74, 6) is -1.40. The average Bonchev–Trinajstić information content (AvgIpc) is 2.63. The normalized spacial score (nSPS) is 22.5. The van der Waals surface area contributed by atoms with Crippen molar-refractivity contribution < 1.29 is 24.2 Å². The van der Waals surface area contributed by atoms with Crippen LogP contribution in [0.2, 0.25) is 0 Å². The largest absolute Gasteiger partial charge is 0.480 e. The molecule has 0 heterocycles. The molecule has 18 heavy (non-hydrogen) atoms. The lowest BCUT2D eigenvalue weighted by molar-refractivity contribution is -0.143. The highest BCUT2D eigenvalue weighted by molar-refractivity contribution is 5.95. The first-order valence-corrected chi connectivity index (χ1v) is 5.89. The Morgan fingerprint density at radius 3 is 2.56 bits per heavy atom. The van der Waals surface area contributed by atoms with Crippen molar-refractivity contribution in [3.05, 3.63) is 0 Å². The number of rotatable bonds is 5. The third-order valence-electron chi connectivity index (χ3n) is 2.89. The van der Waals surface area contributed by atoms with Gasteiger partial charge in [-0.1, -0.05) is 13.3 Å². The predicted octanol–water partition coefficient (Wildman–Crippen LogP) is 0.102. The van der Waals surface area contributed by atoms with E-state index in [0.29, 0.717) is 5.92 Å². The van der Waals surface area contributed by atoms with Gasteiger partial charge >= 0.3 is 12.0 Å². The molecule has 102 valence electrons. The van der Waals surface area contributed by atoms with Crippen molar-refractivity contribution in [3.63, 3.8) is 0 Å². The number of carbonyl (C=O) groups excluding carboxylic acids is 2. The zero-order chi connectivity index (χ0) is 13.5. The van der Waals surface area contributed by atoms with Crippen LogP contribution in [-0.2, 0) is 14.3 Å². The molecule has 7 nitrogen and oxygen atoms in total. The van der Waals surface area contributed by atoms with Crippen molar-refractivity contribution in [1.82, 2.24) is 10.6 Å². The summed E-state index contributed by atoms with van der Waals surface area (Å²) in [5.41, 5.74) is 0. The summed E-state index contributed by atoms with van der Waals surface area (Å²) in [6.07, 6.45) is 3.06. The molecule has 2 unspecified atom stereocenters. The summed E-state index contributed by atoms with van der Waals surface area (Å²) in [7, 11) is 0. The maximum atomic E-state index is 11.4. The summed E-state index contributed by atoms with van der Waals surface area (Å²) < 4.78 is 4.56. The van der Waals surface area contributed by atoms with Gasteiger partial charge in [-0.2, -0.15) is 0 Å². The van der Waals surface area contributed by atoms with Crippen LogP contribution in [-0.4, -0.2) is 42.3 Å². The third kappa shape index (κ3) is 5.13. The highest BCUT2D eigenvalue weighted by Crippen LogP contribution is 2.24. The number of aliphatic carboxylic acids is 1. The van der Waals surface area contributed by atoms with Crippen molar-refractivity contribution in [1.29, 1.82) is 0 Å². The van der Waals surface area contributed by atoms with Crippen LogP contribution in [0, 0.1) is 5.92 Å². The number of hydrogen-bond acceptors (Lipinski definition) is 4. The van der Waals surface area contributed by atoms with Gasteiger partial charge in [0.15, 0.2) is 0 Å². The molecular weight excluding hydrogens is 240 g/mol.